The molecular weight excluding hydrogens is 405 g/mol. The van der Waals surface area contributed by atoms with Crippen LogP contribution in [0.2, 0.25) is 0 Å². The van der Waals surface area contributed by atoms with E-state index in [1.807, 2.05) is 4.90 Å². The molecule has 0 aliphatic carbocycles. The van der Waals surface area contributed by atoms with Crippen LogP contribution in [0.1, 0.15) is 12.5 Å². The molecule has 0 spiro atoms. The third-order valence-corrected chi connectivity index (χ3v) is 4.84. The topological polar surface area (TPSA) is 107 Å². The van der Waals surface area contributed by atoms with E-state index in [4.69, 9.17) is 15.2 Å². The van der Waals surface area contributed by atoms with Crippen molar-refractivity contribution in [2.24, 2.45) is 0 Å². The Morgan fingerprint density at radius 2 is 1.93 bits per heavy atom. The number of halogens is 3. The van der Waals surface area contributed by atoms with E-state index < -0.39 is 17.8 Å². The summed E-state index contributed by atoms with van der Waals surface area (Å²) in [7, 11) is 0. The van der Waals surface area contributed by atoms with Gasteiger partial charge in [-0.2, -0.15) is 18.2 Å². The lowest BCUT2D eigenvalue weighted by molar-refractivity contribution is -0.137. The molecule has 0 unspecified atom stereocenters. The van der Waals surface area contributed by atoms with Crippen LogP contribution in [-0.2, 0) is 15.7 Å². The van der Waals surface area contributed by atoms with E-state index in [2.05, 4.69) is 15.0 Å². The normalized spacial score (nSPS) is 19.9. The molecular formula is C18H19F3N6O3. The summed E-state index contributed by atoms with van der Waals surface area (Å²) in [5.41, 5.74) is 4.24. The fraction of sp³-hybridized carbons (Fsp3) is 0.444. The minimum Gasteiger partial charge on any atom is -0.447 e. The van der Waals surface area contributed by atoms with Gasteiger partial charge in [0.05, 0.1) is 30.5 Å². The van der Waals surface area contributed by atoms with E-state index in [-0.39, 0.29) is 35.7 Å². The van der Waals surface area contributed by atoms with Gasteiger partial charge in [-0.15, -0.1) is 0 Å². The van der Waals surface area contributed by atoms with Crippen LogP contribution in [0.4, 0.5) is 35.5 Å². The SMILES string of the molecule is C[C@H]1COC(=O)N1c1nc(-c2cnc(N)cc2C(F)(F)F)cc(N2CCOCC2)n1. The molecule has 4 rings (SSSR count). The van der Waals surface area contributed by atoms with Crippen molar-refractivity contribution in [3.05, 3.63) is 23.9 Å². The molecule has 9 nitrogen and oxygen atoms in total. The summed E-state index contributed by atoms with van der Waals surface area (Å²) >= 11 is 0. The number of alkyl halides is 3. The van der Waals surface area contributed by atoms with Crippen molar-refractivity contribution in [2.75, 3.05) is 48.4 Å². The number of rotatable bonds is 3. The molecule has 30 heavy (non-hydrogen) atoms. The molecule has 12 heteroatoms. The second-order valence-corrected chi connectivity index (χ2v) is 6.96. The Morgan fingerprint density at radius 3 is 2.57 bits per heavy atom. The van der Waals surface area contributed by atoms with Crippen molar-refractivity contribution < 1.29 is 27.4 Å². The number of hydrogen-bond donors (Lipinski definition) is 1. The van der Waals surface area contributed by atoms with Crippen LogP contribution < -0.4 is 15.5 Å². The zero-order valence-electron chi connectivity index (χ0n) is 16.0. The highest BCUT2D eigenvalue weighted by Crippen LogP contribution is 2.38. The van der Waals surface area contributed by atoms with Gasteiger partial charge in [-0.1, -0.05) is 0 Å². The minimum atomic E-state index is -4.67. The lowest BCUT2D eigenvalue weighted by atomic mass is 10.1. The van der Waals surface area contributed by atoms with Gasteiger partial charge in [-0.25, -0.2) is 19.7 Å². The Morgan fingerprint density at radius 1 is 1.20 bits per heavy atom. The van der Waals surface area contributed by atoms with Gasteiger partial charge < -0.3 is 20.1 Å². The molecule has 1 atom stereocenters. The highest BCUT2D eigenvalue weighted by Gasteiger charge is 2.37. The average Bonchev–Trinajstić information content (AvgIpc) is 3.05. The Labute approximate surface area is 169 Å². The van der Waals surface area contributed by atoms with E-state index in [1.54, 1.807) is 6.92 Å². The second kappa shape index (κ2) is 7.59. The molecule has 2 fully saturated rings. The van der Waals surface area contributed by atoms with Gasteiger partial charge in [0, 0.05) is 30.9 Å². The van der Waals surface area contributed by atoms with Crippen molar-refractivity contribution >= 4 is 23.7 Å². The third kappa shape index (κ3) is 3.82. The highest BCUT2D eigenvalue weighted by molar-refractivity contribution is 5.88. The van der Waals surface area contributed by atoms with Gasteiger partial charge in [-0.3, -0.25) is 0 Å². The van der Waals surface area contributed by atoms with Crippen LogP contribution >= 0.6 is 0 Å². The maximum absolute atomic E-state index is 13.7. The summed E-state index contributed by atoms with van der Waals surface area (Å²) in [6, 6.07) is 1.85. The molecule has 160 valence electrons. The molecule has 2 aliphatic heterocycles. The molecule has 2 N–H and O–H groups in total. The smallest absolute Gasteiger partial charge is 0.417 e. The predicted molar refractivity (Wildman–Crippen MR) is 101 cm³/mol. The van der Waals surface area contributed by atoms with Gasteiger partial charge in [0.25, 0.3) is 0 Å². The molecule has 2 aliphatic rings. The summed E-state index contributed by atoms with van der Waals surface area (Å²) < 4.78 is 51.3. The Kier molecular flexibility index (Phi) is 5.10. The molecule has 2 aromatic rings. The number of carbonyl (C=O) groups is 1. The number of hydrogen-bond acceptors (Lipinski definition) is 8. The average molecular weight is 424 g/mol. The predicted octanol–water partition coefficient (Wildman–Crippen LogP) is 2.32. The van der Waals surface area contributed by atoms with Crippen LogP contribution in [0, 0.1) is 0 Å². The maximum Gasteiger partial charge on any atom is 0.417 e. The number of anilines is 3. The van der Waals surface area contributed by atoms with Gasteiger partial charge in [0.15, 0.2) is 0 Å². The Hall–Kier alpha value is -3.15. The Bertz CT molecular complexity index is 965. The molecule has 1 amide bonds. The number of aromatic nitrogens is 3. The van der Waals surface area contributed by atoms with E-state index in [9.17, 15) is 18.0 Å². The first kappa shape index (κ1) is 20.1. The fourth-order valence-corrected chi connectivity index (χ4v) is 3.33. The number of nitrogen functional groups attached to an aromatic ring is 1. The number of morpholine rings is 1. The zero-order chi connectivity index (χ0) is 21.5. The number of pyridine rings is 1. The van der Waals surface area contributed by atoms with E-state index >= 15 is 0 Å². The lowest BCUT2D eigenvalue weighted by Gasteiger charge is -2.29. The number of amides is 1. The fourth-order valence-electron chi connectivity index (χ4n) is 3.33. The number of cyclic esters (lactones) is 1. The van der Waals surface area contributed by atoms with Crippen molar-refractivity contribution in [3.63, 3.8) is 0 Å². The number of carbonyl (C=O) groups excluding carboxylic acids is 1. The molecule has 2 saturated heterocycles. The molecule has 0 radical (unpaired) electrons. The van der Waals surface area contributed by atoms with Crippen LogP contribution in [0.25, 0.3) is 11.3 Å². The first-order chi connectivity index (χ1) is 14.2. The summed E-state index contributed by atoms with van der Waals surface area (Å²) in [6.45, 7) is 3.78. The summed E-state index contributed by atoms with van der Waals surface area (Å²) in [4.78, 5) is 27.8. The zero-order valence-corrected chi connectivity index (χ0v) is 16.0. The van der Waals surface area contributed by atoms with E-state index in [0.717, 1.165) is 12.3 Å². The van der Waals surface area contributed by atoms with Crippen LogP contribution in [0.5, 0.6) is 0 Å². The van der Waals surface area contributed by atoms with E-state index in [1.165, 1.54) is 11.0 Å². The largest absolute Gasteiger partial charge is 0.447 e. The molecule has 2 aromatic heterocycles. The Balaban J connectivity index is 1.87. The van der Waals surface area contributed by atoms with Gasteiger partial charge in [0.1, 0.15) is 18.2 Å². The maximum atomic E-state index is 13.7. The van der Waals surface area contributed by atoms with Crippen LogP contribution in [0.15, 0.2) is 18.3 Å². The summed E-state index contributed by atoms with van der Waals surface area (Å²) in [6.07, 6.45) is -4.30. The summed E-state index contributed by atoms with van der Waals surface area (Å²) in [5.74, 6) is 0.0922. The standard InChI is InChI=1S/C18H19F3N6O3/c1-10-9-30-17(28)27(10)16-24-13(7-15(25-16)26-2-4-29-5-3-26)11-8-23-14(22)6-12(11)18(19,20)21/h6-8,10H,2-5,9H2,1H3,(H2,22,23)/t10-/m0/s1. The molecule has 0 aromatic carbocycles. The second-order valence-electron chi connectivity index (χ2n) is 6.96. The molecule has 0 bridgehead atoms. The quantitative estimate of drug-likeness (QED) is 0.800. The number of nitrogens with two attached hydrogens (primary N) is 1. The first-order valence-electron chi connectivity index (χ1n) is 9.25. The summed E-state index contributed by atoms with van der Waals surface area (Å²) in [5, 5.41) is 0. The third-order valence-electron chi connectivity index (χ3n) is 4.84. The number of ether oxygens (including phenoxy) is 2. The number of nitrogens with zero attached hydrogens (tertiary/aromatic N) is 5. The van der Waals surface area contributed by atoms with Crippen molar-refractivity contribution in [3.8, 4) is 11.3 Å². The van der Waals surface area contributed by atoms with E-state index in [0.29, 0.717) is 32.1 Å². The van der Waals surface area contributed by atoms with Crippen LogP contribution in [0.3, 0.4) is 0 Å². The minimum absolute atomic E-state index is 0.0202. The molecule has 0 saturated carbocycles. The van der Waals surface area contributed by atoms with Gasteiger partial charge in [0.2, 0.25) is 5.95 Å². The van der Waals surface area contributed by atoms with Crippen molar-refractivity contribution in [2.45, 2.75) is 19.1 Å². The van der Waals surface area contributed by atoms with Gasteiger partial charge >= 0.3 is 12.3 Å². The lowest BCUT2D eigenvalue weighted by Crippen LogP contribution is -2.38. The van der Waals surface area contributed by atoms with Crippen LogP contribution in [-0.4, -0.2) is 60.0 Å². The van der Waals surface area contributed by atoms with Gasteiger partial charge in [-0.05, 0) is 13.0 Å². The van der Waals surface area contributed by atoms with Crippen molar-refractivity contribution in [1.29, 1.82) is 0 Å². The molecule has 4 heterocycles. The van der Waals surface area contributed by atoms with Crippen molar-refractivity contribution in [1.82, 2.24) is 15.0 Å². The first-order valence-corrected chi connectivity index (χ1v) is 9.25. The highest BCUT2D eigenvalue weighted by atomic mass is 19.4. The monoisotopic (exact) mass is 424 g/mol.